The lowest BCUT2D eigenvalue weighted by atomic mass is 10.1. The van der Waals surface area contributed by atoms with Gasteiger partial charge in [0.05, 0.1) is 12.3 Å². The SMILES string of the molecule is COCCN(c1ncc(C)cc1N)C(C)C1CC1. The van der Waals surface area contributed by atoms with Crippen molar-refractivity contribution in [3.05, 3.63) is 17.8 Å². The molecule has 1 aromatic rings. The summed E-state index contributed by atoms with van der Waals surface area (Å²) in [6.07, 6.45) is 4.51. The molecule has 100 valence electrons. The number of pyridine rings is 1. The van der Waals surface area contributed by atoms with Crippen LogP contribution in [0.1, 0.15) is 25.3 Å². The Hall–Kier alpha value is -1.29. The number of ether oxygens (including phenoxy) is 1. The number of hydrogen-bond donors (Lipinski definition) is 1. The van der Waals surface area contributed by atoms with Gasteiger partial charge in [0.2, 0.25) is 0 Å². The molecule has 4 nitrogen and oxygen atoms in total. The maximum atomic E-state index is 6.11. The lowest BCUT2D eigenvalue weighted by molar-refractivity contribution is 0.202. The third-order valence-electron chi connectivity index (χ3n) is 3.64. The largest absolute Gasteiger partial charge is 0.396 e. The van der Waals surface area contributed by atoms with Gasteiger partial charge >= 0.3 is 0 Å². The first-order valence-corrected chi connectivity index (χ1v) is 6.61. The molecule has 1 saturated carbocycles. The van der Waals surface area contributed by atoms with Crippen molar-refractivity contribution in [2.24, 2.45) is 5.92 Å². The third-order valence-corrected chi connectivity index (χ3v) is 3.64. The lowest BCUT2D eigenvalue weighted by Crippen LogP contribution is -2.38. The first-order valence-electron chi connectivity index (χ1n) is 6.61. The van der Waals surface area contributed by atoms with Crippen molar-refractivity contribution in [1.82, 2.24) is 4.98 Å². The summed E-state index contributed by atoms with van der Waals surface area (Å²) in [5.74, 6) is 1.68. The maximum Gasteiger partial charge on any atom is 0.152 e. The molecule has 1 aliphatic rings. The van der Waals surface area contributed by atoms with Crippen LogP contribution in [-0.4, -0.2) is 31.3 Å². The Balaban J connectivity index is 2.20. The number of nitrogens with zero attached hydrogens (tertiary/aromatic N) is 2. The highest BCUT2D eigenvalue weighted by Crippen LogP contribution is 2.37. The predicted octanol–water partition coefficient (Wildman–Crippen LogP) is 2.22. The van der Waals surface area contributed by atoms with Gasteiger partial charge in [-0.3, -0.25) is 0 Å². The summed E-state index contributed by atoms with van der Waals surface area (Å²) in [7, 11) is 1.73. The first-order chi connectivity index (χ1) is 8.63. The van der Waals surface area contributed by atoms with Crippen LogP contribution in [0.4, 0.5) is 11.5 Å². The van der Waals surface area contributed by atoms with Crippen LogP contribution < -0.4 is 10.6 Å². The number of rotatable bonds is 6. The van der Waals surface area contributed by atoms with Gasteiger partial charge in [-0.2, -0.15) is 0 Å². The maximum absolute atomic E-state index is 6.11. The zero-order valence-electron chi connectivity index (χ0n) is 11.5. The van der Waals surface area contributed by atoms with Crippen LogP contribution in [0.3, 0.4) is 0 Å². The summed E-state index contributed by atoms with van der Waals surface area (Å²) in [6.45, 7) is 5.81. The van der Waals surface area contributed by atoms with E-state index in [0.717, 1.165) is 29.5 Å². The van der Waals surface area contributed by atoms with Crippen molar-refractivity contribution in [3.8, 4) is 0 Å². The smallest absolute Gasteiger partial charge is 0.152 e. The molecule has 2 N–H and O–H groups in total. The van der Waals surface area contributed by atoms with E-state index in [1.54, 1.807) is 7.11 Å². The van der Waals surface area contributed by atoms with Gasteiger partial charge in [0.15, 0.2) is 5.82 Å². The number of nitrogen functional groups attached to an aromatic ring is 1. The van der Waals surface area contributed by atoms with E-state index in [1.807, 2.05) is 19.2 Å². The quantitative estimate of drug-likeness (QED) is 0.840. The van der Waals surface area contributed by atoms with Gasteiger partial charge in [0.1, 0.15) is 0 Å². The van der Waals surface area contributed by atoms with E-state index >= 15 is 0 Å². The van der Waals surface area contributed by atoms with Gasteiger partial charge in [0.25, 0.3) is 0 Å². The topological polar surface area (TPSA) is 51.4 Å². The fraction of sp³-hybridized carbons (Fsp3) is 0.643. The Labute approximate surface area is 109 Å². The number of nitrogens with two attached hydrogens (primary N) is 1. The van der Waals surface area contributed by atoms with Gasteiger partial charge in [-0.1, -0.05) is 0 Å². The van der Waals surface area contributed by atoms with Gasteiger partial charge in [-0.05, 0) is 44.2 Å². The van der Waals surface area contributed by atoms with Crippen LogP contribution in [0, 0.1) is 12.8 Å². The van der Waals surface area contributed by atoms with Crippen molar-refractivity contribution in [2.45, 2.75) is 32.7 Å². The van der Waals surface area contributed by atoms with Crippen molar-refractivity contribution in [3.63, 3.8) is 0 Å². The van der Waals surface area contributed by atoms with Gasteiger partial charge in [-0.25, -0.2) is 4.98 Å². The zero-order valence-corrected chi connectivity index (χ0v) is 11.5. The van der Waals surface area contributed by atoms with E-state index in [2.05, 4.69) is 16.8 Å². The van der Waals surface area contributed by atoms with E-state index in [0.29, 0.717) is 12.6 Å². The summed E-state index contributed by atoms with van der Waals surface area (Å²) >= 11 is 0. The normalized spacial score (nSPS) is 16.6. The minimum atomic E-state index is 0.484. The molecule has 1 fully saturated rings. The molecule has 0 radical (unpaired) electrons. The summed E-state index contributed by atoms with van der Waals surface area (Å²) in [4.78, 5) is 6.80. The van der Waals surface area contributed by atoms with Crippen LogP contribution in [-0.2, 0) is 4.74 Å². The standard InChI is InChI=1S/C14H23N3O/c1-10-8-13(15)14(16-9-10)17(6-7-18-3)11(2)12-4-5-12/h8-9,11-12H,4-7,15H2,1-3H3. The van der Waals surface area contributed by atoms with Crippen molar-refractivity contribution in [2.75, 3.05) is 30.9 Å². The van der Waals surface area contributed by atoms with Crippen molar-refractivity contribution < 1.29 is 4.74 Å². The van der Waals surface area contributed by atoms with Gasteiger partial charge in [0, 0.05) is 25.9 Å². The molecule has 1 aliphatic carbocycles. The minimum Gasteiger partial charge on any atom is -0.396 e. The molecule has 0 aromatic carbocycles. The molecular formula is C14H23N3O. The fourth-order valence-corrected chi connectivity index (χ4v) is 2.35. The van der Waals surface area contributed by atoms with E-state index in [-0.39, 0.29) is 0 Å². The Morgan fingerprint density at radius 1 is 1.56 bits per heavy atom. The lowest BCUT2D eigenvalue weighted by Gasteiger charge is -2.31. The highest BCUT2D eigenvalue weighted by molar-refractivity contribution is 5.63. The minimum absolute atomic E-state index is 0.484. The molecule has 4 heteroatoms. The summed E-state index contributed by atoms with van der Waals surface area (Å²) < 4.78 is 5.20. The molecule has 1 atom stereocenters. The zero-order chi connectivity index (χ0) is 13.1. The molecule has 18 heavy (non-hydrogen) atoms. The number of aryl methyl sites for hydroxylation is 1. The molecule has 1 aromatic heterocycles. The van der Waals surface area contributed by atoms with Gasteiger partial charge in [-0.15, -0.1) is 0 Å². The van der Waals surface area contributed by atoms with E-state index in [1.165, 1.54) is 12.8 Å². The second kappa shape index (κ2) is 5.57. The molecule has 0 aliphatic heterocycles. The van der Waals surface area contributed by atoms with Crippen LogP contribution in [0.5, 0.6) is 0 Å². The molecule has 1 heterocycles. The Morgan fingerprint density at radius 3 is 2.83 bits per heavy atom. The summed E-state index contributed by atoms with van der Waals surface area (Å²) in [6, 6.07) is 2.47. The molecule has 0 spiro atoms. The summed E-state index contributed by atoms with van der Waals surface area (Å²) in [5, 5.41) is 0. The number of hydrogen-bond acceptors (Lipinski definition) is 4. The second-order valence-corrected chi connectivity index (χ2v) is 5.19. The average Bonchev–Trinajstić information content (AvgIpc) is 3.15. The van der Waals surface area contributed by atoms with Crippen LogP contribution in [0.25, 0.3) is 0 Å². The van der Waals surface area contributed by atoms with Crippen LogP contribution in [0.2, 0.25) is 0 Å². The van der Waals surface area contributed by atoms with Crippen molar-refractivity contribution in [1.29, 1.82) is 0 Å². The number of methoxy groups -OCH3 is 1. The van der Waals surface area contributed by atoms with Crippen molar-refractivity contribution >= 4 is 11.5 Å². The highest BCUT2D eigenvalue weighted by atomic mass is 16.5. The average molecular weight is 249 g/mol. The highest BCUT2D eigenvalue weighted by Gasteiger charge is 2.33. The molecular weight excluding hydrogens is 226 g/mol. The molecule has 0 amide bonds. The third kappa shape index (κ3) is 2.93. The van der Waals surface area contributed by atoms with E-state index < -0.39 is 0 Å². The second-order valence-electron chi connectivity index (χ2n) is 5.19. The van der Waals surface area contributed by atoms with E-state index in [4.69, 9.17) is 10.5 Å². The molecule has 0 saturated heterocycles. The Morgan fingerprint density at radius 2 is 2.28 bits per heavy atom. The number of anilines is 2. The molecule has 1 unspecified atom stereocenters. The summed E-state index contributed by atoms with van der Waals surface area (Å²) in [5.41, 5.74) is 7.97. The predicted molar refractivity (Wildman–Crippen MR) is 74.8 cm³/mol. The Kier molecular flexibility index (Phi) is 4.07. The Bertz CT molecular complexity index is 404. The molecule has 2 rings (SSSR count). The molecule has 0 bridgehead atoms. The van der Waals surface area contributed by atoms with E-state index in [9.17, 15) is 0 Å². The monoisotopic (exact) mass is 249 g/mol. The van der Waals surface area contributed by atoms with Crippen LogP contribution in [0.15, 0.2) is 12.3 Å². The van der Waals surface area contributed by atoms with Gasteiger partial charge < -0.3 is 15.4 Å². The number of aromatic nitrogens is 1. The first kappa shape index (κ1) is 13.1. The fourth-order valence-electron chi connectivity index (χ4n) is 2.35. The van der Waals surface area contributed by atoms with Crippen LogP contribution >= 0.6 is 0 Å².